The summed E-state index contributed by atoms with van der Waals surface area (Å²) in [7, 11) is 0. The number of piperidine rings is 1. The van der Waals surface area contributed by atoms with Crippen LogP contribution in [0.15, 0.2) is 12.4 Å². The van der Waals surface area contributed by atoms with Gasteiger partial charge < -0.3 is 15.0 Å². The van der Waals surface area contributed by atoms with E-state index < -0.39 is 0 Å². The largest absolute Gasteiger partial charge is 0.378 e. The number of ether oxygens (including phenoxy) is 1. The molecule has 1 aliphatic heterocycles. The summed E-state index contributed by atoms with van der Waals surface area (Å²) in [6.45, 7) is 5.74. The van der Waals surface area contributed by atoms with Gasteiger partial charge in [0.25, 0.3) is 0 Å². The van der Waals surface area contributed by atoms with E-state index in [0.29, 0.717) is 12.1 Å². The molecule has 1 aromatic heterocycles. The van der Waals surface area contributed by atoms with Gasteiger partial charge in [0.15, 0.2) is 0 Å². The minimum atomic E-state index is 0.420. The summed E-state index contributed by atoms with van der Waals surface area (Å²) in [5.74, 6) is 1.01. The first-order chi connectivity index (χ1) is 9.85. The van der Waals surface area contributed by atoms with Crippen LogP contribution in [0, 0.1) is 0 Å². The first kappa shape index (κ1) is 13.8. The summed E-state index contributed by atoms with van der Waals surface area (Å²) in [6.07, 6.45) is 8.94. The van der Waals surface area contributed by atoms with Crippen molar-refractivity contribution in [3.63, 3.8) is 0 Å². The average Bonchev–Trinajstić information content (AvgIpc) is 3.31. The maximum Gasteiger partial charge on any atom is 0.147 e. The van der Waals surface area contributed by atoms with Crippen molar-refractivity contribution in [2.75, 3.05) is 24.6 Å². The van der Waals surface area contributed by atoms with Crippen molar-refractivity contribution in [3.8, 4) is 0 Å². The molecule has 1 aliphatic carbocycles. The van der Waals surface area contributed by atoms with Gasteiger partial charge in [0.1, 0.15) is 5.82 Å². The van der Waals surface area contributed by atoms with Crippen molar-refractivity contribution >= 4 is 5.82 Å². The predicted octanol–water partition coefficient (Wildman–Crippen LogP) is 1.73. The van der Waals surface area contributed by atoms with Crippen LogP contribution in [0.2, 0.25) is 0 Å². The number of aromatic nitrogens is 2. The van der Waals surface area contributed by atoms with Crippen molar-refractivity contribution in [1.29, 1.82) is 0 Å². The van der Waals surface area contributed by atoms with E-state index in [2.05, 4.69) is 22.1 Å². The molecule has 0 amide bonds. The number of nitrogens with zero attached hydrogens (tertiary/aromatic N) is 3. The summed E-state index contributed by atoms with van der Waals surface area (Å²) in [5, 5.41) is 3.49. The fourth-order valence-electron chi connectivity index (χ4n) is 2.66. The van der Waals surface area contributed by atoms with Crippen LogP contribution in [0.3, 0.4) is 0 Å². The van der Waals surface area contributed by atoms with Crippen LogP contribution in [-0.2, 0) is 11.3 Å². The van der Waals surface area contributed by atoms with Crippen LogP contribution in [0.4, 0.5) is 5.82 Å². The Morgan fingerprint density at radius 3 is 2.75 bits per heavy atom. The van der Waals surface area contributed by atoms with Gasteiger partial charge in [-0.2, -0.15) is 0 Å². The van der Waals surface area contributed by atoms with Gasteiger partial charge in [-0.3, -0.25) is 4.98 Å². The molecular weight excluding hydrogens is 252 g/mol. The third-order valence-electron chi connectivity index (χ3n) is 3.99. The zero-order valence-corrected chi connectivity index (χ0v) is 12.2. The number of anilines is 1. The summed E-state index contributed by atoms with van der Waals surface area (Å²) in [6, 6.07) is 0.711. The summed E-state index contributed by atoms with van der Waals surface area (Å²) < 4.78 is 5.69. The van der Waals surface area contributed by atoms with Gasteiger partial charge in [0.2, 0.25) is 0 Å². The van der Waals surface area contributed by atoms with Crippen molar-refractivity contribution < 1.29 is 4.74 Å². The number of rotatable bonds is 6. The second kappa shape index (κ2) is 6.50. The molecule has 5 heteroatoms. The van der Waals surface area contributed by atoms with Crippen molar-refractivity contribution in [3.05, 3.63) is 18.1 Å². The lowest BCUT2D eigenvalue weighted by molar-refractivity contribution is 0.0458. The minimum absolute atomic E-state index is 0.420. The Balaban J connectivity index is 1.55. The number of hydrogen-bond acceptors (Lipinski definition) is 5. The quantitative estimate of drug-likeness (QED) is 0.857. The second-order valence-corrected chi connectivity index (χ2v) is 5.67. The molecule has 1 N–H and O–H groups in total. The highest BCUT2D eigenvalue weighted by molar-refractivity contribution is 5.36. The molecule has 3 rings (SSSR count). The van der Waals surface area contributed by atoms with E-state index in [9.17, 15) is 0 Å². The molecule has 0 spiro atoms. The Morgan fingerprint density at radius 1 is 1.25 bits per heavy atom. The second-order valence-electron chi connectivity index (χ2n) is 5.67. The molecule has 2 heterocycles. The van der Waals surface area contributed by atoms with E-state index in [4.69, 9.17) is 9.72 Å². The molecule has 0 atom stereocenters. The minimum Gasteiger partial charge on any atom is -0.378 e. The van der Waals surface area contributed by atoms with Crippen LogP contribution in [0.5, 0.6) is 0 Å². The summed E-state index contributed by atoms with van der Waals surface area (Å²) in [4.78, 5) is 11.4. The molecule has 20 heavy (non-hydrogen) atoms. The monoisotopic (exact) mass is 276 g/mol. The Morgan fingerprint density at radius 2 is 2.05 bits per heavy atom. The van der Waals surface area contributed by atoms with E-state index in [-0.39, 0.29) is 0 Å². The molecule has 1 aromatic rings. The summed E-state index contributed by atoms with van der Waals surface area (Å²) in [5.41, 5.74) is 1.04. The third-order valence-corrected chi connectivity index (χ3v) is 3.99. The van der Waals surface area contributed by atoms with E-state index >= 15 is 0 Å². The standard InChI is InChI=1S/C15H24N4O/c1-2-20-14-5-7-19(8-6-14)15-11-16-9-13(18-15)10-17-12-3-4-12/h9,11-12,14,17H,2-8,10H2,1H3. The predicted molar refractivity (Wildman–Crippen MR) is 78.8 cm³/mol. The first-order valence-corrected chi connectivity index (χ1v) is 7.76. The maximum atomic E-state index is 5.69. The van der Waals surface area contributed by atoms with Crippen molar-refractivity contribution in [2.45, 2.75) is 51.3 Å². The van der Waals surface area contributed by atoms with Crippen LogP contribution in [0.25, 0.3) is 0 Å². The zero-order valence-electron chi connectivity index (χ0n) is 12.2. The Kier molecular flexibility index (Phi) is 4.47. The van der Waals surface area contributed by atoms with Crippen molar-refractivity contribution in [2.24, 2.45) is 0 Å². The molecular formula is C15H24N4O. The van der Waals surface area contributed by atoms with Crippen LogP contribution in [0.1, 0.15) is 38.3 Å². The van der Waals surface area contributed by atoms with E-state index in [1.54, 1.807) is 0 Å². The Bertz CT molecular complexity index is 428. The highest BCUT2D eigenvalue weighted by Gasteiger charge is 2.22. The van der Waals surface area contributed by atoms with Crippen molar-refractivity contribution in [1.82, 2.24) is 15.3 Å². The van der Waals surface area contributed by atoms with E-state index in [1.165, 1.54) is 12.8 Å². The van der Waals surface area contributed by atoms with E-state index in [0.717, 1.165) is 50.6 Å². The molecule has 2 aliphatic rings. The number of hydrogen-bond donors (Lipinski definition) is 1. The third kappa shape index (κ3) is 3.67. The van der Waals surface area contributed by atoms with Gasteiger partial charge in [-0.05, 0) is 32.6 Å². The number of nitrogens with one attached hydrogen (secondary N) is 1. The molecule has 2 fully saturated rings. The van der Waals surface area contributed by atoms with Crippen LogP contribution < -0.4 is 10.2 Å². The maximum absolute atomic E-state index is 5.69. The topological polar surface area (TPSA) is 50.3 Å². The lowest BCUT2D eigenvalue weighted by atomic mass is 10.1. The molecule has 0 unspecified atom stereocenters. The molecule has 1 saturated carbocycles. The van der Waals surface area contributed by atoms with Gasteiger partial charge in [-0.15, -0.1) is 0 Å². The van der Waals surface area contributed by atoms with Crippen LogP contribution in [-0.4, -0.2) is 41.8 Å². The smallest absolute Gasteiger partial charge is 0.147 e. The Labute approximate surface area is 120 Å². The highest BCUT2D eigenvalue weighted by Crippen LogP contribution is 2.21. The molecule has 1 saturated heterocycles. The Hall–Kier alpha value is -1.20. The fraction of sp³-hybridized carbons (Fsp3) is 0.733. The lowest BCUT2D eigenvalue weighted by Crippen LogP contribution is -2.37. The molecule has 5 nitrogen and oxygen atoms in total. The highest BCUT2D eigenvalue weighted by atomic mass is 16.5. The fourth-order valence-corrected chi connectivity index (χ4v) is 2.66. The van der Waals surface area contributed by atoms with Gasteiger partial charge >= 0.3 is 0 Å². The molecule has 0 bridgehead atoms. The van der Waals surface area contributed by atoms with E-state index in [1.807, 2.05) is 12.4 Å². The van der Waals surface area contributed by atoms with Gasteiger partial charge in [-0.25, -0.2) is 4.98 Å². The molecule has 0 aromatic carbocycles. The lowest BCUT2D eigenvalue weighted by Gasteiger charge is -2.32. The van der Waals surface area contributed by atoms with Crippen LogP contribution >= 0.6 is 0 Å². The normalized spacial score (nSPS) is 20.4. The molecule has 0 radical (unpaired) electrons. The average molecular weight is 276 g/mol. The zero-order chi connectivity index (χ0) is 13.8. The SMILES string of the molecule is CCOC1CCN(c2cncc(CNC3CC3)n2)CC1. The van der Waals surface area contributed by atoms with Gasteiger partial charge in [0, 0.05) is 38.5 Å². The first-order valence-electron chi connectivity index (χ1n) is 7.76. The summed E-state index contributed by atoms with van der Waals surface area (Å²) >= 11 is 0. The van der Waals surface area contributed by atoms with Gasteiger partial charge in [-0.1, -0.05) is 0 Å². The van der Waals surface area contributed by atoms with Gasteiger partial charge in [0.05, 0.1) is 18.0 Å². The molecule has 110 valence electrons.